The van der Waals surface area contributed by atoms with E-state index < -0.39 is 0 Å². The van der Waals surface area contributed by atoms with E-state index in [0.717, 1.165) is 0 Å². The van der Waals surface area contributed by atoms with E-state index in [2.05, 4.69) is 6.07 Å². The average molecular weight is 301 g/mol. The zero-order valence-electron chi connectivity index (χ0n) is 12.0. The Labute approximate surface area is 127 Å². The fourth-order valence-corrected chi connectivity index (χ4v) is 2.22. The number of nitrogen functional groups attached to an aromatic ring is 1. The van der Waals surface area contributed by atoms with Crippen molar-refractivity contribution in [2.45, 2.75) is 6.54 Å². The zero-order chi connectivity index (χ0) is 15.5. The minimum absolute atomic E-state index is 0.198. The van der Waals surface area contributed by atoms with Crippen LogP contribution in [0.5, 0.6) is 23.1 Å². The van der Waals surface area contributed by atoms with Crippen LogP contribution in [0, 0.1) is 11.3 Å². The number of aromatic nitrogens is 1. The molecular weight excluding hydrogens is 286 g/mol. The van der Waals surface area contributed by atoms with Crippen molar-refractivity contribution in [2.24, 2.45) is 0 Å². The second-order valence-electron chi connectivity index (χ2n) is 4.66. The number of nitrogens with zero attached hydrogens (tertiary/aromatic N) is 2. The molecule has 0 aliphatic carbocycles. The average Bonchev–Trinajstić information content (AvgIpc) is 3.10. The van der Waals surface area contributed by atoms with Gasteiger partial charge < -0.3 is 24.7 Å². The third kappa shape index (κ3) is 2.52. The van der Waals surface area contributed by atoms with Crippen LogP contribution in [0.25, 0.3) is 0 Å². The fraction of sp³-hybridized carbons (Fsp3) is 0.267. The Morgan fingerprint density at radius 3 is 2.91 bits per heavy atom. The van der Waals surface area contributed by atoms with Gasteiger partial charge in [-0.05, 0) is 12.1 Å². The van der Waals surface area contributed by atoms with Crippen molar-refractivity contribution < 1.29 is 18.9 Å². The van der Waals surface area contributed by atoms with E-state index in [1.165, 1.54) is 0 Å². The molecule has 0 radical (unpaired) electrons. The predicted molar refractivity (Wildman–Crippen MR) is 78.1 cm³/mol. The highest BCUT2D eigenvalue weighted by atomic mass is 16.7. The molecule has 7 nitrogen and oxygen atoms in total. The summed E-state index contributed by atoms with van der Waals surface area (Å²) in [5.41, 5.74) is 6.77. The minimum Gasteiger partial charge on any atom is -0.454 e. The van der Waals surface area contributed by atoms with Gasteiger partial charge in [0.25, 0.3) is 0 Å². The Bertz CT molecular complexity index is 733. The highest BCUT2D eigenvalue weighted by Crippen LogP contribution is 2.38. The van der Waals surface area contributed by atoms with Crippen LogP contribution in [0.2, 0.25) is 0 Å². The van der Waals surface area contributed by atoms with Crippen molar-refractivity contribution in [3.63, 3.8) is 0 Å². The first-order valence-electron chi connectivity index (χ1n) is 6.68. The van der Waals surface area contributed by atoms with Gasteiger partial charge >= 0.3 is 0 Å². The minimum atomic E-state index is 0.198. The summed E-state index contributed by atoms with van der Waals surface area (Å²) in [7, 11) is 1.59. The number of anilines is 1. The lowest BCUT2D eigenvalue weighted by atomic mass is 10.3. The van der Waals surface area contributed by atoms with E-state index in [1.54, 1.807) is 35.9 Å². The molecule has 0 atom stereocenters. The molecule has 2 aromatic rings. The van der Waals surface area contributed by atoms with Crippen LogP contribution in [0.1, 0.15) is 5.69 Å². The molecule has 22 heavy (non-hydrogen) atoms. The van der Waals surface area contributed by atoms with Crippen LogP contribution < -0.4 is 19.9 Å². The van der Waals surface area contributed by atoms with Crippen LogP contribution >= 0.6 is 0 Å². The summed E-state index contributed by atoms with van der Waals surface area (Å²) in [6, 6.07) is 8.92. The first-order valence-corrected chi connectivity index (χ1v) is 6.68. The largest absolute Gasteiger partial charge is 0.454 e. The van der Waals surface area contributed by atoms with Gasteiger partial charge in [0.05, 0.1) is 18.8 Å². The maximum atomic E-state index is 9.19. The molecule has 3 rings (SSSR count). The van der Waals surface area contributed by atoms with Crippen molar-refractivity contribution in [1.29, 1.82) is 5.26 Å². The van der Waals surface area contributed by atoms with Gasteiger partial charge in [0.1, 0.15) is 17.5 Å². The van der Waals surface area contributed by atoms with Crippen molar-refractivity contribution in [3.05, 3.63) is 30.0 Å². The molecule has 0 bridgehead atoms. The molecule has 0 amide bonds. The van der Waals surface area contributed by atoms with Crippen molar-refractivity contribution in [2.75, 3.05) is 26.2 Å². The van der Waals surface area contributed by atoms with Crippen molar-refractivity contribution in [3.8, 4) is 29.2 Å². The molecule has 1 aliphatic rings. The molecule has 2 heterocycles. The summed E-state index contributed by atoms with van der Waals surface area (Å²) in [6.45, 7) is 1.11. The summed E-state index contributed by atoms with van der Waals surface area (Å²) in [6.07, 6.45) is 0. The van der Waals surface area contributed by atoms with Crippen LogP contribution in [0.3, 0.4) is 0 Å². The Morgan fingerprint density at radius 1 is 1.32 bits per heavy atom. The van der Waals surface area contributed by atoms with Crippen LogP contribution in [0.4, 0.5) is 5.69 Å². The second kappa shape index (κ2) is 5.87. The molecule has 7 heteroatoms. The molecule has 2 N–H and O–H groups in total. The van der Waals surface area contributed by atoms with Gasteiger partial charge in [0.2, 0.25) is 12.7 Å². The monoisotopic (exact) mass is 301 g/mol. The maximum Gasteiger partial charge on any atom is 0.231 e. The van der Waals surface area contributed by atoms with Gasteiger partial charge in [-0.2, -0.15) is 5.26 Å². The first kappa shape index (κ1) is 14.1. The van der Waals surface area contributed by atoms with E-state index >= 15 is 0 Å². The number of ether oxygens (including phenoxy) is 4. The summed E-state index contributed by atoms with van der Waals surface area (Å²) >= 11 is 0. The molecule has 1 aliphatic heterocycles. The fourth-order valence-electron chi connectivity index (χ4n) is 2.22. The van der Waals surface area contributed by atoms with E-state index in [4.69, 9.17) is 24.7 Å². The number of nitrogens with two attached hydrogens (primary N) is 1. The molecule has 0 saturated carbocycles. The van der Waals surface area contributed by atoms with Crippen molar-refractivity contribution in [1.82, 2.24) is 4.57 Å². The van der Waals surface area contributed by atoms with E-state index in [-0.39, 0.29) is 6.79 Å². The van der Waals surface area contributed by atoms with Gasteiger partial charge in [-0.15, -0.1) is 0 Å². The molecule has 0 fully saturated rings. The van der Waals surface area contributed by atoms with Crippen molar-refractivity contribution >= 4 is 5.69 Å². The summed E-state index contributed by atoms with van der Waals surface area (Å²) < 4.78 is 23.2. The smallest absolute Gasteiger partial charge is 0.231 e. The van der Waals surface area contributed by atoms with E-state index in [0.29, 0.717) is 47.7 Å². The molecule has 0 saturated heterocycles. The molecule has 1 aromatic heterocycles. The van der Waals surface area contributed by atoms with E-state index in [1.807, 2.05) is 0 Å². The van der Waals surface area contributed by atoms with Gasteiger partial charge in [0.15, 0.2) is 11.5 Å². The topological polar surface area (TPSA) is 91.7 Å². The van der Waals surface area contributed by atoms with Gasteiger partial charge in [-0.1, -0.05) is 0 Å². The highest BCUT2D eigenvalue weighted by molar-refractivity contribution is 5.57. The molecule has 114 valence electrons. The van der Waals surface area contributed by atoms with Crippen LogP contribution in [0.15, 0.2) is 24.3 Å². The number of methoxy groups -OCH3 is 1. The Balaban J connectivity index is 1.91. The van der Waals surface area contributed by atoms with Crippen LogP contribution in [-0.4, -0.2) is 25.1 Å². The third-order valence-electron chi connectivity index (χ3n) is 3.27. The normalized spacial score (nSPS) is 12.2. The number of rotatable bonds is 5. The standard InChI is InChI=1S/C15H15N3O4/c1-19-5-4-18-10(8-16)6-12(17)15(18)22-11-2-3-13-14(7-11)21-9-20-13/h2-3,6-7H,4-5,9,17H2,1H3. The highest BCUT2D eigenvalue weighted by Gasteiger charge is 2.18. The lowest BCUT2D eigenvalue weighted by molar-refractivity contribution is 0.174. The Kier molecular flexibility index (Phi) is 3.76. The lowest BCUT2D eigenvalue weighted by Crippen LogP contribution is -2.08. The van der Waals surface area contributed by atoms with Gasteiger partial charge in [-0.25, -0.2) is 0 Å². The Hall–Kier alpha value is -2.85. The zero-order valence-corrected chi connectivity index (χ0v) is 12.0. The number of hydrogen-bond donors (Lipinski definition) is 1. The number of nitriles is 1. The molecule has 0 spiro atoms. The molecule has 1 aromatic carbocycles. The lowest BCUT2D eigenvalue weighted by Gasteiger charge is -2.12. The number of benzene rings is 1. The van der Waals surface area contributed by atoms with Crippen LogP contribution in [-0.2, 0) is 11.3 Å². The Morgan fingerprint density at radius 2 is 2.14 bits per heavy atom. The summed E-state index contributed by atoms with van der Waals surface area (Å²) in [5.74, 6) is 2.25. The second-order valence-corrected chi connectivity index (χ2v) is 4.66. The summed E-state index contributed by atoms with van der Waals surface area (Å²) in [4.78, 5) is 0. The molecular formula is C15H15N3O4. The number of fused-ring (bicyclic) bond motifs is 1. The number of hydrogen-bond acceptors (Lipinski definition) is 6. The predicted octanol–water partition coefficient (Wildman–Crippen LogP) is 2.11. The van der Waals surface area contributed by atoms with Gasteiger partial charge in [-0.3, -0.25) is 4.57 Å². The SMILES string of the molecule is COCCn1c(C#N)cc(N)c1Oc1ccc2c(c1)OCO2. The first-order chi connectivity index (χ1) is 10.7. The third-order valence-corrected chi connectivity index (χ3v) is 3.27. The van der Waals surface area contributed by atoms with E-state index in [9.17, 15) is 5.26 Å². The quantitative estimate of drug-likeness (QED) is 0.909. The maximum absolute atomic E-state index is 9.19. The molecule has 0 unspecified atom stereocenters. The van der Waals surface area contributed by atoms with Gasteiger partial charge in [0, 0.05) is 19.2 Å². The summed E-state index contributed by atoms with van der Waals surface area (Å²) in [5, 5.41) is 9.19.